The molecule has 0 radical (unpaired) electrons. The molecule has 0 unspecified atom stereocenters. The third kappa shape index (κ3) is 5.63. The van der Waals surface area contributed by atoms with Crippen LogP contribution in [0.25, 0.3) is 0 Å². The normalized spacial score (nSPS) is 11.6. The molecule has 1 N–H and O–H groups in total. The number of likely N-dealkylation sites (N-methyl/N-ethyl adjacent to an activating group) is 1. The number of ether oxygens (including phenoxy) is 2. The third-order valence-corrected chi connectivity index (χ3v) is 6.47. The summed E-state index contributed by atoms with van der Waals surface area (Å²) in [5.74, 6) is 0.885. The molecular weight excluding hydrogens is 430 g/mol. The highest BCUT2D eigenvalue weighted by molar-refractivity contribution is 7.89. The Morgan fingerprint density at radius 1 is 1.10 bits per heavy atom. The second-order valence-corrected chi connectivity index (χ2v) is 9.36. The van der Waals surface area contributed by atoms with Crippen molar-refractivity contribution in [1.82, 2.24) is 9.21 Å². The first-order chi connectivity index (χ1) is 14.1. The van der Waals surface area contributed by atoms with Crippen molar-refractivity contribution < 1.29 is 22.7 Å². The number of sulfonamides is 1. The first-order valence-corrected chi connectivity index (χ1v) is 10.8. The maximum atomic E-state index is 12.5. The number of amides is 1. The van der Waals surface area contributed by atoms with Crippen molar-refractivity contribution in [2.24, 2.45) is 0 Å². The number of carbonyl (C=O) groups is 1. The smallest absolute Gasteiger partial charge is 0.242 e. The van der Waals surface area contributed by atoms with E-state index in [1.807, 2.05) is 12.1 Å². The van der Waals surface area contributed by atoms with E-state index in [4.69, 9.17) is 21.1 Å². The average molecular weight is 456 g/mol. The van der Waals surface area contributed by atoms with E-state index in [1.165, 1.54) is 32.3 Å². The number of benzene rings is 2. The van der Waals surface area contributed by atoms with E-state index in [2.05, 4.69) is 5.32 Å². The second kappa shape index (κ2) is 10.1. The summed E-state index contributed by atoms with van der Waals surface area (Å²) in [7, 11) is 4.13. The Labute approximate surface area is 182 Å². The topological polar surface area (TPSA) is 88.2 Å². The lowest BCUT2D eigenvalue weighted by atomic mass is 10.1. The molecule has 2 aromatic rings. The quantitative estimate of drug-likeness (QED) is 0.625. The van der Waals surface area contributed by atoms with Crippen LogP contribution in [0.3, 0.4) is 0 Å². The fraction of sp³-hybridized carbons (Fsp3) is 0.350. The van der Waals surface area contributed by atoms with Crippen LogP contribution in [0.2, 0.25) is 5.02 Å². The molecule has 0 aliphatic heterocycles. The van der Waals surface area contributed by atoms with Gasteiger partial charge in [-0.15, -0.1) is 0 Å². The van der Waals surface area contributed by atoms with Crippen molar-refractivity contribution in [3.8, 4) is 11.5 Å². The lowest BCUT2D eigenvalue weighted by Gasteiger charge is -2.19. The van der Waals surface area contributed by atoms with E-state index < -0.39 is 10.0 Å². The third-order valence-electron chi connectivity index (χ3n) is 4.33. The predicted molar refractivity (Wildman–Crippen MR) is 117 cm³/mol. The highest BCUT2D eigenvalue weighted by atomic mass is 35.5. The Morgan fingerprint density at radius 2 is 1.80 bits per heavy atom. The SMILES string of the molecule is COc1cccc(CN(C)CC(=O)Nc2cc(S(=O)(=O)N(C)C)ccc2Cl)c1OC. The molecule has 0 aliphatic carbocycles. The lowest BCUT2D eigenvalue weighted by molar-refractivity contribution is -0.117. The van der Waals surface area contributed by atoms with Crippen LogP contribution >= 0.6 is 11.6 Å². The number of anilines is 1. The molecule has 2 aromatic carbocycles. The summed E-state index contributed by atoms with van der Waals surface area (Å²) < 4.78 is 36.4. The monoisotopic (exact) mass is 455 g/mol. The fourth-order valence-corrected chi connectivity index (χ4v) is 3.92. The maximum absolute atomic E-state index is 12.5. The molecule has 0 saturated heterocycles. The van der Waals surface area contributed by atoms with Gasteiger partial charge in [0.1, 0.15) is 0 Å². The van der Waals surface area contributed by atoms with Gasteiger partial charge in [0.25, 0.3) is 0 Å². The van der Waals surface area contributed by atoms with Gasteiger partial charge in [-0.2, -0.15) is 0 Å². The number of carbonyl (C=O) groups excluding carboxylic acids is 1. The molecule has 1 amide bonds. The van der Waals surface area contributed by atoms with Gasteiger partial charge in [-0.3, -0.25) is 9.69 Å². The minimum atomic E-state index is -3.64. The Morgan fingerprint density at radius 3 is 2.40 bits per heavy atom. The number of hydrogen-bond acceptors (Lipinski definition) is 6. The molecule has 10 heteroatoms. The van der Waals surface area contributed by atoms with Crippen LogP contribution in [0.4, 0.5) is 5.69 Å². The van der Waals surface area contributed by atoms with Gasteiger partial charge in [-0.1, -0.05) is 23.7 Å². The van der Waals surface area contributed by atoms with Crippen LogP contribution in [0.1, 0.15) is 5.56 Å². The lowest BCUT2D eigenvalue weighted by Crippen LogP contribution is -2.30. The summed E-state index contributed by atoms with van der Waals surface area (Å²) in [6.45, 7) is 0.498. The molecule has 0 fully saturated rings. The van der Waals surface area contributed by atoms with Gasteiger partial charge in [0, 0.05) is 26.2 Å². The van der Waals surface area contributed by atoms with Crippen LogP contribution in [-0.4, -0.2) is 65.4 Å². The van der Waals surface area contributed by atoms with Crippen molar-refractivity contribution >= 4 is 33.2 Å². The molecule has 0 heterocycles. The summed E-state index contributed by atoms with van der Waals surface area (Å²) in [5, 5.41) is 2.93. The van der Waals surface area contributed by atoms with Crippen LogP contribution < -0.4 is 14.8 Å². The van der Waals surface area contributed by atoms with E-state index in [0.717, 1.165) is 9.87 Å². The number of methoxy groups -OCH3 is 2. The van der Waals surface area contributed by atoms with E-state index in [0.29, 0.717) is 18.0 Å². The number of nitrogens with zero attached hydrogens (tertiary/aromatic N) is 2. The number of rotatable bonds is 9. The second-order valence-electron chi connectivity index (χ2n) is 6.80. The van der Waals surface area contributed by atoms with Gasteiger partial charge >= 0.3 is 0 Å². The summed E-state index contributed by atoms with van der Waals surface area (Å²) >= 11 is 6.14. The molecule has 164 valence electrons. The predicted octanol–water partition coefficient (Wildman–Crippen LogP) is 2.68. The zero-order chi connectivity index (χ0) is 22.5. The van der Waals surface area contributed by atoms with E-state index in [9.17, 15) is 13.2 Å². The molecule has 0 atom stereocenters. The maximum Gasteiger partial charge on any atom is 0.242 e. The largest absolute Gasteiger partial charge is 0.493 e. The fourth-order valence-electron chi connectivity index (χ4n) is 2.83. The minimum Gasteiger partial charge on any atom is -0.493 e. The van der Waals surface area contributed by atoms with Gasteiger partial charge in [0.2, 0.25) is 15.9 Å². The van der Waals surface area contributed by atoms with Crippen LogP contribution in [0.15, 0.2) is 41.3 Å². The van der Waals surface area contributed by atoms with E-state index in [1.54, 1.807) is 32.2 Å². The van der Waals surface area contributed by atoms with Crippen LogP contribution in [0.5, 0.6) is 11.5 Å². The van der Waals surface area contributed by atoms with Crippen molar-refractivity contribution in [3.05, 3.63) is 47.0 Å². The van der Waals surface area contributed by atoms with Crippen molar-refractivity contribution in [2.75, 3.05) is 47.2 Å². The number of para-hydroxylation sites is 1. The zero-order valence-electron chi connectivity index (χ0n) is 17.6. The minimum absolute atomic E-state index is 0.0432. The van der Waals surface area contributed by atoms with Gasteiger partial charge in [0.15, 0.2) is 11.5 Å². The molecule has 2 rings (SSSR count). The van der Waals surface area contributed by atoms with Crippen molar-refractivity contribution in [2.45, 2.75) is 11.4 Å². The van der Waals surface area contributed by atoms with Gasteiger partial charge < -0.3 is 14.8 Å². The number of halogens is 1. The Bertz CT molecular complexity index is 1010. The van der Waals surface area contributed by atoms with Gasteiger partial charge in [-0.05, 0) is 31.3 Å². The zero-order valence-corrected chi connectivity index (χ0v) is 19.2. The Balaban J connectivity index is 2.11. The highest BCUT2D eigenvalue weighted by Crippen LogP contribution is 2.31. The number of nitrogens with one attached hydrogen (secondary N) is 1. The number of hydrogen-bond donors (Lipinski definition) is 1. The Kier molecular flexibility index (Phi) is 8.08. The Hall–Kier alpha value is -2.33. The standard InChI is InChI=1S/C20H26ClN3O5S/c1-23(2)30(26,27)15-9-10-16(21)17(11-15)22-19(25)13-24(3)12-14-7-6-8-18(28-4)20(14)29-5/h6-11H,12-13H2,1-5H3,(H,22,25). The molecule has 0 aliphatic rings. The summed E-state index contributed by atoms with van der Waals surface area (Å²) in [6.07, 6.45) is 0. The molecule has 8 nitrogen and oxygen atoms in total. The van der Waals surface area contributed by atoms with Crippen LogP contribution in [0, 0.1) is 0 Å². The summed E-state index contributed by atoms with van der Waals surface area (Å²) in [6, 6.07) is 9.72. The first-order valence-electron chi connectivity index (χ1n) is 9.00. The average Bonchev–Trinajstić information content (AvgIpc) is 2.68. The molecular formula is C20H26ClN3O5S. The molecule has 30 heavy (non-hydrogen) atoms. The van der Waals surface area contributed by atoms with Crippen molar-refractivity contribution in [1.29, 1.82) is 0 Å². The molecule has 0 saturated carbocycles. The van der Waals surface area contributed by atoms with Gasteiger partial charge in [0.05, 0.1) is 36.4 Å². The molecule has 0 spiro atoms. The van der Waals surface area contributed by atoms with Gasteiger partial charge in [-0.25, -0.2) is 12.7 Å². The molecule has 0 bridgehead atoms. The van der Waals surface area contributed by atoms with E-state index >= 15 is 0 Å². The van der Waals surface area contributed by atoms with Crippen LogP contribution in [-0.2, 0) is 21.4 Å². The van der Waals surface area contributed by atoms with Crippen molar-refractivity contribution in [3.63, 3.8) is 0 Å². The first kappa shape index (κ1) is 23.9. The molecule has 0 aromatic heterocycles. The highest BCUT2D eigenvalue weighted by Gasteiger charge is 2.20. The van der Waals surface area contributed by atoms with E-state index in [-0.39, 0.29) is 28.1 Å². The summed E-state index contributed by atoms with van der Waals surface area (Å²) in [4.78, 5) is 14.3. The summed E-state index contributed by atoms with van der Waals surface area (Å²) in [5.41, 5.74) is 1.10.